The predicted octanol–water partition coefficient (Wildman–Crippen LogP) is 1.55. The first-order chi connectivity index (χ1) is 7.33. The van der Waals surface area contributed by atoms with Gasteiger partial charge in [0.1, 0.15) is 11.6 Å². The topological polar surface area (TPSA) is 83.2 Å². The van der Waals surface area contributed by atoms with Crippen molar-refractivity contribution >= 4 is 5.97 Å². The number of carboxylic acids is 1. The molecule has 0 atom stereocenters. The van der Waals surface area contributed by atoms with Crippen molar-refractivity contribution < 1.29 is 27.8 Å². The van der Waals surface area contributed by atoms with Gasteiger partial charge in [0, 0.05) is 6.20 Å². The number of aromatic carboxylic acids is 1. The SMILES string of the molecule is N#Cc1cnc(OC(F)(F)F)c(C(=O)O)c1. The zero-order valence-corrected chi connectivity index (χ0v) is 7.45. The van der Waals surface area contributed by atoms with E-state index in [2.05, 4.69) is 9.72 Å². The molecule has 0 aliphatic rings. The summed E-state index contributed by atoms with van der Waals surface area (Å²) in [5, 5.41) is 17.0. The highest BCUT2D eigenvalue weighted by Gasteiger charge is 2.34. The molecule has 0 amide bonds. The summed E-state index contributed by atoms with van der Waals surface area (Å²) in [5.41, 5.74) is -0.997. The van der Waals surface area contributed by atoms with Crippen molar-refractivity contribution in [2.45, 2.75) is 6.36 Å². The lowest BCUT2D eigenvalue weighted by atomic mass is 10.2. The molecule has 0 aliphatic carbocycles. The van der Waals surface area contributed by atoms with Gasteiger partial charge in [0.25, 0.3) is 0 Å². The average Bonchev–Trinajstić information content (AvgIpc) is 2.15. The molecule has 0 aromatic carbocycles. The van der Waals surface area contributed by atoms with Crippen LogP contribution in [0.2, 0.25) is 0 Å². The van der Waals surface area contributed by atoms with Crippen LogP contribution < -0.4 is 4.74 Å². The van der Waals surface area contributed by atoms with E-state index in [9.17, 15) is 18.0 Å². The van der Waals surface area contributed by atoms with E-state index in [1.54, 1.807) is 6.07 Å². The van der Waals surface area contributed by atoms with Gasteiger partial charge >= 0.3 is 12.3 Å². The van der Waals surface area contributed by atoms with Gasteiger partial charge in [0.2, 0.25) is 5.88 Å². The third-order valence-electron chi connectivity index (χ3n) is 1.42. The summed E-state index contributed by atoms with van der Waals surface area (Å²) >= 11 is 0. The second-order valence-electron chi connectivity index (χ2n) is 2.54. The van der Waals surface area contributed by atoms with E-state index < -0.39 is 23.8 Å². The molecular formula is C8H3F3N2O3. The zero-order chi connectivity index (χ0) is 12.3. The normalized spacial score (nSPS) is 10.6. The Bertz CT molecular complexity index is 465. The van der Waals surface area contributed by atoms with Gasteiger partial charge in [0.15, 0.2) is 0 Å². The Hall–Kier alpha value is -2.30. The molecule has 5 nitrogen and oxygen atoms in total. The van der Waals surface area contributed by atoms with E-state index >= 15 is 0 Å². The van der Waals surface area contributed by atoms with E-state index in [0.717, 1.165) is 12.3 Å². The van der Waals surface area contributed by atoms with Crippen LogP contribution in [-0.2, 0) is 0 Å². The Balaban J connectivity index is 3.20. The van der Waals surface area contributed by atoms with Gasteiger partial charge < -0.3 is 9.84 Å². The highest BCUT2D eigenvalue weighted by molar-refractivity contribution is 5.90. The number of hydrogen-bond acceptors (Lipinski definition) is 4. The molecule has 1 heterocycles. The van der Waals surface area contributed by atoms with Crippen LogP contribution in [0.3, 0.4) is 0 Å². The van der Waals surface area contributed by atoms with Gasteiger partial charge in [-0.05, 0) is 6.07 Å². The maximum atomic E-state index is 11.8. The van der Waals surface area contributed by atoms with E-state index in [1.807, 2.05) is 0 Å². The van der Waals surface area contributed by atoms with Crippen molar-refractivity contribution in [3.05, 3.63) is 23.4 Å². The second kappa shape index (κ2) is 4.06. The lowest BCUT2D eigenvalue weighted by Gasteiger charge is -2.09. The number of alkyl halides is 3. The van der Waals surface area contributed by atoms with Gasteiger partial charge in [-0.3, -0.25) is 0 Å². The number of nitriles is 1. The molecule has 0 fully saturated rings. The van der Waals surface area contributed by atoms with Gasteiger partial charge in [-0.15, -0.1) is 13.2 Å². The van der Waals surface area contributed by atoms with Crippen LogP contribution in [0.15, 0.2) is 12.3 Å². The molecule has 0 unspecified atom stereocenters. The Morgan fingerprint density at radius 3 is 2.62 bits per heavy atom. The summed E-state index contributed by atoms with van der Waals surface area (Å²) in [6.45, 7) is 0. The molecule has 0 aliphatic heterocycles. The summed E-state index contributed by atoms with van der Waals surface area (Å²) in [4.78, 5) is 13.7. The molecule has 1 N–H and O–H groups in total. The molecule has 16 heavy (non-hydrogen) atoms. The number of ether oxygens (including phenoxy) is 1. The van der Waals surface area contributed by atoms with Crippen molar-refractivity contribution in [3.8, 4) is 11.9 Å². The monoisotopic (exact) mass is 232 g/mol. The standard InChI is InChI=1S/C8H3F3N2O3/c9-8(10,11)16-6-5(7(14)15)1-4(2-12)3-13-6/h1,3H,(H,14,15). The summed E-state index contributed by atoms with van der Waals surface area (Å²) in [6, 6.07) is 2.30. The van der Waals surface area contributed by atoms with Crippen molar-refractivity contribution in [2.24, 2.45) is 0 Å². The van der Waals surface area contributed by atoms with Crippen LogP contribution in [0, 0.1) is 11.3 Å². The largest absolute Gasteiger partial charge is 0.574 e. The van der Waals surface area contributed by atoms with Gasteiger partial charge in [-0.2, -0.15) is 5.26 Å². The summed E-state index contributed by atoms with van der Waals surface area (Å²) < 4.78 is 38.9. The first-order valence-electron chi connectivity index (χ1n) is 3.72. The number of carboxylic acid groups (broad SMARTS) is 1. The average molecular weight is 232 g/mol. The van der Waals surface area contributed by atoms with E-state index in [0.29, 0.717) is 0 Å². The fraction of sp³-hybridized carbons (Fsp3) is 0.125. The van der Waals surface area contributed by atoms with Crippen LogP contribution in [0.25, 0.3) is 0 Å². The Morgan fingerprint density at radius 1 is 1.56 bits per heavy atom. The highest BCUT2D eigenvalue weighted by atomic mass is 19.4. The van der Waals surface area contributed by atoms with Crippen molar-refractivity contribution in [1.82, 2.24) is 4.98 Å². The number of aromatic nitrogens is 1. The van der Waals surface area contributed by atoms with E-state index in [-0.39, 0.29) is 5.56 Å². The fourth-order valence-electron chi connectivity index (χ4n) is 0.858. The number of rotatable bonds is 2. The lowest BCUT2D eigenvalue weighted by molar-refractivity contribution is -0.276. The molecule has 0 bridgehead atoms. The molecule has 1 rings (SSSR count). The van der Waals surface area contributed by atoms with Crippen LogP contribution in [0.4, 0.5) is 13.2 Å². The van der Waals surface area contributed by atoms with Crippen molar-refractivity contribution in [1.29, 1.82) is 5.26 Å². The van der Waals surface area contributed by atoms with E-state index in [4.69, 9.17) is 10.4 Å². The van der Waals surface area contributed by atoms with Crippen LogP contribution in [0.5, 0.6) is 5.88 Å². The smallest absolute Gasteiger partial charge is 0.477 e. The lowest BCUT2D eigenvalue weighted by Crippen LogP contribution is -2.20. The predicted molar refractivity (Wildman–Crippen MR) is 42.6 cm³/mol. The van der Waals surface area contributed by atoms with Crippen LogP contribution in [0.1, 0.15) is 15.9 Å². The maximum Gasteiger partial charge on any atom is 0.574 e. The second-order valence-corrected chi connectivity index (χ2v) is 2.54. The Morgan fingerprint density at radius 2 is 2.19 bits per heavy atom. The number of nitrogens with zero attached hydrogens (tertiary/aromatic N) is 2. The maximum absolute atomic E-state index is 11.8. The third kappa shape index (κ3) is 2.84. The Labute approximate surface area is 86.7 Å². The van der Waals surface area contributed by atoms with Crippen LogP contribution >= 0.6 is 0 Å². The van der Waals surface area contributed by atoms with Crippen molar-refractivity contribution in [3.63, 3.8) is 0 Å². The van der Waals surface area contributed by atoms with Gasteiger partial charge in [0.05, 0.1) is 5.56 Å². The minimum atomic E-state index is -5.04. The van der Waals surface area contributed by atoms with Crippen molar-refractivity contribution in [2.75, 3.05) is 0 Å². The zero-order valence-electron chi connectivity index (χ0n) is 7.45. The number of pyridine rings is 1. The fourth-order valence-corrected chi connectivity index (χ4v) is 0.858. The minimum Gasteiger partial charge on any atom is -0.477 e. The summed E-state index contributed by atoms with van der Waals surface area (Å²) in [5.74, 6) is -2.76. The Kier molecular flexibility index (Phi) is 2.99. The number of halogens is 3. The number of carbonyl (C=O) groups is 1. The molecule has 0 saturated carbocycles. The first kappa shape index (κ1) is 11.8. The number of hydrogen-bond donors (Lipinski definition) is 1. The van der Waals surface area contributed by atoms with Gasteiger partial charge in [-0.25, -0.2) is 9.78 Å². The quantitative estimate of drug-likeness (QED) is 0.836. The molecule has 84 valence electrons. The molecule has 1 aromatic heterocycles. The van der Waals surface area contributed by atoms with Crippen LogP contribution in [-0.4, -0.2) is 22.4 Å². The summed E-state index contributed by atoms with van der Waals surface area (Å²) in [7, 11) is 0. The molecule has 0 radical (unpaired) electrons. The highest BCUT2D eigenvalue weighted by Crippen LogP contribution is 2.24. The molecule has 8 heteroatoms. The first-order valence-corrected chi connectivity index (χ1v) is 3.72. The molecule has 1 aromatic rings. The molecule has 0 saturated heterocycles. The summed E-state index contributed by atoms with van der Waals surface area (Å²) in [6.07, 6.45) is -4.25. The molecule has 0 spiro atoms. The third-order valence-corrected chi connectivity index (χ3v) is 1.42. The minimum absolute atomic E-state index is 0.174. The van der Waals surface area contributed by atoms with Gasteiger partial charge in [-0.1, -0.05) is 0 Å². The van der Waals surface area contributed by atoms with E-state index in [1.165, 1.54) is 0 Å². The molecular weight excluding hydrogens is 229 g/mol.